The van der Waals surface area contributed by atoms with Gasteiger partial charge < -0.3 is 14.8 Å². The van der Waals surface area contributed by atoms with E-state index in [1.165, 1.54) is 6.07 Å². The molecule has 0 atom stereocenters. The van der Waals surface area contributed by atoms with Crippen molar-refractivity contribution >= 4 is 29.2 Å². The molecule has 0 spiro atoms. The van der Waals surface area contributed by atoms with Crippen molar-refractivity contribution in [3.63, 3.8) is 0 Å². The molecule has 0 bridgehead atoms. The van der Waals surface area contributed by atoms with Gasteiger partial charge in [-0.25, -0.2) is 9.59 Å². The molecule has 1 aliphatic rings. The number of hydrogen-bond acceptors (Lipinski definition) is 7. The number of esters is 2. The molecule has 0 amide bonds. The van der Waals surface area contributed by atoms with Crippen LogP contribution in [0.2, 0.25) is 0 Å². The largest absolute Gasteiger partial charge is 0.462 e. The normalized spacial score (nSPS) is 12.6. The van der Waals surface area contributed by atoms with E-state index in [1.54, 1.807) is 32.0 Å². The average molecular weight is 343 g/mol. The molecule has 0 aliphatic heterocycles. The van der Waals surface area contributed by atoms with Gasteiger partial charge >= 0.3 is 11.9 Å². The SMILES string of the molecule is CCOC(=O)C(=CNC1=CC(=O)C(=O)c2ccccc21)C(=O)OCC. The van der Waals surface area contributed by atoms with Crippen molar-refractivity contribution in [3.8, 4) is 0 Å². The molecule has 0 saturated carbocycles. The van der Waals surface area contributed by atoms with E-state index in [0.717, 1.165) is 12.3 Å². The number of nitrogens with one attached hydrogen (secondary N) is 1. The number of benzene rings is 1. The summed E-state index contributed by atoms with van der Waals surface area (Å²) < 4.78 is 9.66. The zero-order valence-electron chi connectivity index (χ0n) is 13.8. The first kappa shape index (κ1) is 18.1. The van der Waals surface area contributed by atoms with Gasteiger partial charge in [0.25, 0.3) is 0 Å². The molecule has 0 saturated heterocycles. The number of allylic oxidation sites excluding steroid dienone is 1. The van der Waals surface area contributed by atoms with Crippen LogP contribution in [0, 0.1) is 0 Å². The van der Waals surface area contributed by atoms with Crippen molar-refractivity contribution < 1.29 is 28.7 Å². The molecule has 1 aliphatic carbocycles. The van der Waals surface area contributed by atoms with Gasteiger partial charge in [0.05, 0.1) is 18.9 Å². The minimum atomic E-state index is -0.847. The number of fused-ring (bicyclic) bond motifs is 1. The molecule has 1 aromatic carbocycles. The van der Waals surface area contributed by atoms with Crippen LogP contribution in [0.4, 0.5) is 0 Å². The van der Waals surface area contributed by atoms with Crippen molar-refractivity contribution in [1.29, 1.82) is 0 Å². The van der Waals surface area contributed by atoms with Crippen molar-refractivity contribution in [3.05, 3.63) is 53.2 Å². The zero-order chi connectivity index (χ0) is 18.4. The smallest absolute Gasteiger partial charge is 0.347 e. The first-order valence-corrected chi connectivity index (χ1v) is 7.70. The van der Waals surface area contributed by atoms with Crippen LogP contribution in [-0.2, 0) is 23.9 Å². The third-order valence-corrected chi connectivity index (χ3v) is 3.32. The first-order valence-electron chi connectivity index (χ1n) is 7.70. The van der Waals surface area contributed by atoms with Crippen molar-refractivity contribution in [2.45, 2.75) is 13.8 Å². The second kappa shape index (κ2) is 8.05. The third kappa shape index (κ3) is 4.00. The molecule has 1 aromatic rings. The Morgan fingerprint density at radius 2 is 1.56 bits per heavy atom. The fourth-order valence-electron chi connectivity index (χ4n) is 2.21. The summed E-state index contributed by atoms with van der Waals surface area (Å²) in [6.07, 6.45) is 2.23. The summed E-state index contributed by atoms with van der Waals surface area (Å²) in [5.74, 6) is -2.99. The van der Waals surface area contributed by atoms with Crippen LogP contribution in [0.5, 0.6) is 0 Å². The van der Waals surface area contributed by atoms with Crippen LogP contribution in [0.15, 0.2) is 42.1 Å². The number of Topliss-reactive ketones (excluding diaryl/α,β-unsaturated/α-hetero) is 1. The highest BCUT2D eigenvalue weighted by molar-refractivity contribution is 6.50. The summed E-state index contributed by atoms with van der Waals surface area (Å²) in [5.41, 5.74) is 0.702. The molecule has 0 aromatic heterocycles. The number of ether oxygens (including phenoxy) is 2. The lowest BCUT2D eigenvalue weighted by Gasteiger charge is -2.16. The van der Waals surface area contributed by atoms with Crippen LogP contribution in [0.25, 0.3) is 5.70 Å². The summed E-state index contributed by atoms with van der Waals surface area (Å²) in [5, 5.41) is 2.73. The summed E-state index contributed by atoms with van der Waals surface area (Å²) in [6, 6.07) is 6.54. The second-order valence-electron chi connectivity index (χ2n) is 4.94. The molecule has 0 unspecified atom stereocenters. The highest BCUT2D eigenvalue weighted by Crippen LogP contribution is 2.23. The van der Waals surface area contributed by atoms with Gasteiger partial charge in [-0.1, -0.05) is 24.3 Å². The molecular weight excluding hydrogens is 326 g/mol. The van der Waals surface area contributed by atoms with Crippen LogP contribution >= 0.6 is 0 Å². The zero-order valence-corrected chi connectivity index (χ0v) is 13.8. The third-order valence-electron chi connectivity index (χ3n) is 3.32. The van der Waals surface area contributed by atoms with Gasteiger partial charge in [0, 0.05) is 23.4 Å². The minimum absolute atomic E-state index is 0.0914. The Bertz CT molecular complexity index is 771. The van der Waals surface area contributed by atoms with Gasteiger partial charge in [0.15, 0.2) is 5.57 Å². The van der Waals surface area contributed by atoms with E-state index >= 15 is 0 Å². The summed E-state index contributed by atoms with van der Waals surface area (Å²) >= 11 is 0. The van der Waals surface area contributed by atoms with Gasteiger partial charge in [-0.2, -0.15) is 0 Å². The standard InChI is InChI=1S/C18H17NO6/c1-3-24-17(22)13(18(23)25-4-2)10-19-14-9-15(20)16(21)12-8-6-5-7-11(12)14/h5-10,19H,3-4H2,1-2H3. The summed E-state index contributed by atoms with van der Waals surface area (Å²) in [4.78, 5) is 47.6. The first-order chi connectivity index (χ1) is 12.0. The van der Waals surface area contributed by atoms with Crippen LogP contribution in [0.3, 0.4) is 0 Å². The molecule has 7 heteroatoms. The maximum absolute atomic E-state index is 11.9. The molecule has 0 heterocycles. The van der Waals surface area contributed by atoms with Crippen LogP contribution in [0.1, 0.15) is 29.8 Å². The van der Waals surface area contributed by atoms with Crippen molar-refractivity contribution in [1.82, 2.24) is 5.32 Å². The number of carbonyl (C=O) groups excluding carboxylic acids is 4. The van der Waals surface area contributed by atoms with Crippen LogP contribution in [-0.4, -0.2) is 36.7 Å². The van der Waals surface area contributed by atoms with Crippen LogP contribution < -0.4 is 5.32 Å². The Morgan fingerprint density at radius 3 is 2.12 bits per heavy atom. The topological polar surface area (TPSA) is 98.8 Å². The van der Waals surface area contributed by atoms with Crippen molar-refractivity contribution in [2.75, 3.05) is 13.2 Å². The maximum atomic E-state index is 11.9. The molecule has 2 rings (SSSR count). The lowest BCUT2D eigenvalue weighted by molar-refractivity contribution is -0.146. The number of hydrogen-bond donors (Lipinski definition) is 1. The van der Waals surface area contributed by atoms with E-state index in [2.05, 4.69) is 5.32 Å². The van der Waals surface area contributed by atoms with E-state index in [1.807, 2.05) is 0 Å². The van der Waals surface area contributed by atoms with E-state index in [9.17, 15) is 19.2 Å². The molecule has 25 heavy (non-hydrogen) atoms. The van der Waals surface area contributed by atoms with Gasteiger partial charge in [-0.05, 0) is 13.8 Å². The Hall–Kier alpha value is -3.22. The Labute approximate surface area is 144 Å². The van der Waals surface area contributed by atoms with E-state index in [4.69, 9.17) is 9.47 Å². The monoisotopic (exact) mass is 343 g/mol. The summed E-state index contributed by atoms with van der Waals surface area (Å²) in [7, 11) is 0. The van der Waals surface area contributed by atoms with E-state index in [0.29, 0.717) is 11.3 Å². The Kier molecular flexibility index (Phi) is 5.84. The fourth-order valence-corrected chi connectivity index (χ4v) is 2.21. The average Bonchev–Trinajstić information content (AvgIpc) is 2.60. The summed E-state index contributed by atoms with van der Waals surface area (Å²) in [6.45, 7) is 3.40. The minimum Gasteiger partial charge on any atom is -0.462 e. The molecule has 0 radical (unpaired) electrons. The molecule has 0 fully saturated rings. The highest BCUT2D eigenvalue weighted by Gasteiger charge is 2.26. The predicted molar refractivity (Wildman–Crippen MR) is 88.2 cm³/mol. The van der Waals surface area contributed by atoms with E-state index in [-0.39, 0.29) is 24.4 Å². The lowest BCUT2D eigenvalue weighted by atomic mass is 9.93. The van der Waals surface area contributed by atoms with Gasteiger partial charge in [-0.15, -0.1) is 0 Å². The molecule has 1 N–H and O–H groups in total. The lowest BCUT2D eigenvalue weighted by Crippen LogP contribution is -2.24. The molecular formula is C18H17NO6. The Morgan fingerprint density at radius 1 is 1.00 bits per heavy atom. The molecule has 130 valence electrons. The highest BCUT2D eigenvalue weighted by atomic mass is 16.6. The maximum Gasteiger partial charge on any atom is 0.347 e. The molecule has 7 nitrogen and oxygen atoms in total. The van der Waals surface area contributed by atoms with Gasteiger partial charge in [-0.3, -0.25) is 9.59 Å². The van der Waals surface area contributed by atoms with Crippen molar-refractivity contribution in [2.24, 2.45) is 0 Å². The predicted octanol–water partition coefficient (Wildman–Crippen LogP) is 1.39. The number of carbonyl (C=O) groups is 4. The quantitative estimate of drug-likeness (QED) is 0.274. The fraction of sp³-hybridized carbons (Fsp3) is 0.222. The van der Waals surface area contributed by atoms with E-state index < -0.39 is 23.5 Å². The second-order valence-corrected chi connectivity index (χ2v) is 4.94. The number of ketones is 2. The Balaban J connectivity index is 2.35. The number of rotatable bonds is 6. The van der Waals surface area contributed by atoms with Gasteiger partial charge in [0.2, 0.25) is 11.6 Å². The van der Waals surface area contributed by atoms with Gasteiger partial charge in [0.1, 0.15) is 0 Å².